The Morgan fingerprint density at radius 2 is 1.88 bits per heavy atom. The van der Waals surface area contributed by atoms with Crippen molar-refractivity contribution in [1.29, 1.82) is 0 Å². The molecule has 0 aliphatic carbocycles. The van der Waals surface area contributed by atoms with Gasteiger partial charge in [-0.25, -0.2) is 9.97 Å². The van der Waals surface area contributed by atoms with Crippen LogP contribution in [0.5, 0.6) is 0 Å². The average Bonchev–Trinajstić information content (AvgIpc) is 2.64. The molecule has 84 valence electrons. The standard InChI is InChI=1S/C11H12BrN3S/c1-6-8(5-13)7(2)15-11(14-6)9-3-4-10(12)16-9/h3-4H,5,13H2,1-2H3. The summed E-state index contributed by atoms with van der Waals surface area (Å²) in [7, 11) is 0. The van der Waals surface area contributed by atoms with Gasteiger partial charge in [0.05, 0.1) is 8.66 Å². The van der Waals surface area contributed by atoms with E-state index in [0.29, 0.717) is 6.54 Å². The van der Waals surface area contributed by atoms with Crippen LogP contribution in [0.2, 0.25) is 0 Å². The number of hydrogen-bond donors (Lipinski definition) is 1. The van der Waals surface area contributed by atoms with E-state index < -0.39 is 0 Å². The zero-order valence-electron chi connectivity index (χ0n) is 9.12. The molecule has 0 spiro atoms. The van der Waals surface area contributed by atoms with Gasteiger partial charge in [-0.3, -0.25) is 0 Å². The van der Waals surface area contributed by atoms with E-state index in [1.807, 2.05) is 26.0 Å². The van der Waals surface area contributed by atoms with Gasteiger partial charge in [-0.05, 0) is 41.9 Å². The van der Waals surface area contributed by atoms with Gasteiger partial charge in [-0.15, -0.1) is 11.3 Å². The quantitative estimate of drug-likeness (QED) is 0.927. The molecular formula is C11H12BrN3S. The molecule has 2 aromatic rings. The summed E-state index contributed by atoms with van der Waals surface area (Å²) < 4.78 is 1.09. The summed E-state index contributed by atoms with van der Waals surface area (Å²) in [5.41, 5.74) is 8.63. The Hall–Kier alpha value is -0.780. The van der Waals surface area contributed by atoms with E-state index in [2.05, 4.69) is 25.9 Å². The Kier molecular flexibility index (Phi) is 3.37. The second-order valence-electron chi connectivity index (χ2n) is 3.50. The van der Waals surface area contributed by atoms with Crippen molar-refractivity contribution in [1.82, 2.24) is 9.97 Å². The van der Waals surface area contributed by atoms with E-state index in [0.717, 1.165) is 31.4 Å². The number of thiophene rings is 1. The Morgan fingerprint density at radius 1 is 1.25 bits per heavy atom. The molecule has 3 nitrogen and oxygen atoms in total. The van der Waals surface area contributed by atoms with Crippen molar-refractivity contribution in [3.63, 3.8) is 0 Å². The molecule has 0 saturated heterocycles. The van der Waals surface area contributed by atoms with Crippen LogP contribution >= 0.6 is 27.3 Å². The van der Waals surface area contributed by atoms with E-state index in [4.69, 9.17) is 5.73 Å². The van der Waals surface area contributed by atoms with Gasteiger partial charge in [0, 0.05) is 23.5 Å². The van der Waals surface area contributed by atoms with Gasteiger partial charge < -0.3 is 5.73 Å². The molecule has 2 aromatic heterocycles. The molecule has 0 aliphatic heterocycles. The predicted octanol–water partition coefficient (Wildman–Crippen LogP) is 3.04. The van der Waals surface area contributed by atoms with Crippen LogP contribution in [0.4, 0.5) is 0 Å². The summed E-state index contributed by atoms with van der Waals surface area (Å²) in [5, 5.41) is 0. The van der Waals surface area contributed by atoms with Gasteiger partial charge >= 0.3 is 0 Å². The maximum Gasteiger partial charge on any atom is 0.169 e. The summed E-state index contributed by atoms with van der Waals surface area (Å²) in [6.07, 6.45) is 0. The van der Waals surface area contributed by atoms with Crippen molar-refractivity contribution in [2.24, 2.45) is 5.73 Å². The zero-order chi connectivity index (χ0) is 11.7. The van der Waals surface area contributed by atoms with Gasteiger partial charge in [0.15, 0.2) is 5.82 Å². The third-order valence-electron chi connectivity index (χ3n) is 2.42. The smallest absolute Gasteiger partial charge is 0.169 e. The fourth-order valence-corrected chi connectivity index (χ4v) is 2.90. The Balaban J connectivity index is 2.52. The zero-order valence-corrected chi connectivity index (χ0v) is 11.5. The number of rotatable bonds is 2. The topological polar surface area (TPSA) is 51.8 Å². The molecule has 2 rings (SSSR count). The first-order valence-electron chi connectivity index (χ1n) is 4.91. The second-order valence-corrected chi connectivity index (χ2v) is 5.97. The summed E-state index contributed by atoms with van der Waals surface area (Å²) in [4.78, 5) is 10.0. The highest BCUT2D eigenvalue weighted by atomic mass is 79.9. The van der Waals surface area contributed by atoms with Gasteiger partial charge in [0.25, 0.3) is 0 Å². The number of hydrogen-bond acceptors (Lipinski definition) is 4. The fourth-order valence-electron chi connectivity index (χ4n) is 1.58. The van der Waals surface area contributed by atoms with Crippen LogP contribution in [0.15, 0.2) is 15.9 Å². The number of nitrogens with two attached hydrogens (primary N) is 1. The maximum atomic E-state index is 5.66. The summed E-state index contributed by atoms with van der Waals surface area (Å²) >= 11 is 5.07. The molecule has 0 atom stereocenters. The minimum atomic E-state index is 0.492. The second kappa shape index (κ2) is 4.61. The van der Waals surface area contributed by atoms with Gasteiger partial charge in [0.2, 0.25) is 0 Å². The minimum Gasteiger partial charge on any atom is -0.326 e. The molecule has 5 heteroatoms. The van der Waals surface area contributed by atoms with E-state index in [9.17, 15) is 0 Å². The molecule has 0 amide bonds. The molecule has 0 unspecified atom stereocenters. The van der Waals surface area contributed by atoms with Crippen molar-refractivity contribution < 1.29 is 0 Å². The summed E-state index contributed by atoms with van der Waals surface area (Å²) in [6, 6.07) is 4.02. The van der Waals surface area contributed by atoms with Crippen molar-refractivity contribution in [3.8, 4) is 10.7 Å². The van der Waals surface area contributed by atoms with Gasteiger partial charge in [-0.1, -0.05) is 0 Å². The lowest BCUT2D eigenvalue weighted by Gasteiger charge is -2.07. The van der Waals surface area contributed by atoms with Crippen LogP contribution in [0, 0.1) is 13.8 Å². The minimum absolute atomic E-state index is 0.492. The first-order valence-corrected chi connectivity index (χ1v) is 6.52. The predicted molar refractivity (Wildman–Crippen MR) is 70.4 cm³/mol. The largest absolute Gasteiger partial charge is 0.326 e. The first-order chi connectivity index (χ1) is 7.61. The Morgan fingerprint density at radius 3 is 2.31 bits per heavy atom. The number of halogens is 1. The average molecular weight is 298 g/mol. The third kappa shape index (κ3) is 2.16. The lowest BCUT2D eigenvalue weighted by molar-refractivity contribution is 0.940. The SMILES string of the molecule is Cc1nc(-c2ccc(Br)s2)nc(C)c1CN. The fraction of sp³-hybridized carbons (Fsp3) is 0.273. The van der Waals surface area contributed by atoms with E-state index in [1.54, 1.807) is 11.3 Å². The van der Waals surface area contributed by atoms with Crippen LogP contribution in [0.3, 0.4) is 0 Å². The van der Waals surface area contributed by atoms with E-state index >= 15 is 0 Å². The molecule has 0 saturated carbocycles. The number of aromatic nitrogens is 2. The van der Waals surface area contributed by atoms with Crippen LogP contribution in [0.1, 0.15) is 17.0 Å². The lowest BCUT2D eigenvalue weighted by atomic mass is 10.1. The maximum absolute atomic E-state index is 5.66. The molecule has 0 fully saturated rings. The van der Waals surface area contributed by atoms with Crippen molar-refractivity contribution in [2.75, 3.05) is 0 Å². The summed E-state index contributed by atoms with van der Waals surface area (Å²) in [6.45, 7) is 4.44. The Bertz CT molecular complexity index is 499. The molecule has 0 bridgehead atoms. The number of aryl methyl sites for hydroxylation is 2. The monoisotopic (exact) mass is 297 g/mol. The molecule has 16 heavy (non-hydrogen) atoms. The Labute approximate surface area is 107 Å². The van der Waals surface area contributed by atoms with E-state index in [-0.39, 0.29) is 0 Å². The normalized spacial score (nSPS) is 10.8. The van der Waals surface area contributed by atoms with Gasteiger partial charge in [-0.2, -0.15) is 0 Å². The van der Waals surface area contributed by atoms with Crippen molar-refractivity contribution in [3.05, 3.63) is 32.9 Å². The van der Waals surface area contributed by atoms with Crippen molar-refractivity contribution >= 4 is 27.3 Å². The molecule has 0 radical (unpaired) electrons. The van der Waals surface area contributed by atoms with E-state index in [1.165, 1.54) is 0 Å². The highest BCUT2D eigenvalue weighted by molar-refractivity contribution is 9.11. The third-order valence-corrected chi connectivity index (χ3v) is 4.04. The van der Waals surface area contributed by atoms with Crippen LogP contribution in [-0.4, -0.2) is 9.97 Å². The molecular weight excluding hydrogens is 286 g/mol. The highest BCUT2D eigenvalue weighted by Crippen LogP contribution is 2.29. The lowest BCUT2D eigenvalue weighted by Crippen LogP contribution is -2.06. The van der Waals surface area contributed by atoms with Crippen LogP contribution in [-0.2, 0) is 6.54 Å². The summed E-state index contributed by atoms with van der Waals surface area (Å²) in [5.74, 6) is 0.780. The molecule has 2 N–H and O–H groups in total. The van der Waals surface area contributed by atoms with Crippen molar-refractivity contribution in [2.45, 2.75) is 20.4 Å². The molecule has 2 heterocycles. The van der Waals surface area contributed by atoms with Crippen LogP contribution in [0.25, 0.3) is 10.7 Å². The first kappa shape index (κ1) is 11.7. The van der Waals surface area contributed by atoms with Gasteiger partial charge in [0.1, 0.15) is 0 Å². The molecule has 0 aliphatic rings. The highest BCUT2D eigenvalue weighted by Gasteiger charge is 2.10. The molecule has 0 aromatic carbocycles. The van der Waals surface area contributed by atoms with Crippen LogP contribution < -0.4 is 5.73 Å². The number of nitrogens with zero attached hydrogens (tertiary/aromatic N) is 2.